The zero-order valence-corrected chi connectivity index (χ0v) is 16.9. The van der Waals surface area contributed by atoms with Gasteiger partial charge in [0.2, 0.25) is 0 Å². The molecule has 2 aromatic carbocycles. The Morgan fingerprint density at radius 3 is 2.28 bits per heavy atom. The van der Waals surface area contributed by atoms with Crippen LogP contribution in [0.5, 0.6) is 0 Å². The Morgan fingerprint density at radius 2 is 1.69 bits per heavy atom. The van der Waals surface area contributed by atoms with Gasteiger partial charge in [-0.05, 0) is 43.3 Å². The Morgan fingerprint density at radius 1 is 1.07 bits per heavy atom. The highest BCUT2D eigenvalue weighted by atomic mass is 32.2. The summed E-state index contributed by atoms with van der Waals surface area (Å²) in [7, 11) is -5.55. The number of hydrogen-bond acceptors (Lipinski definition) is 4. The summed E-state index contributed by atoms with van der Waals surface area (Å²) in [6.45, 7) is 6.17. The van der Waals surface area contributed by atoms with Crippen LogP contribution in [0.4, 0.5) is 28.9 Å². The van der Waals surface area contributed by atoms with Crippen LogP contribution in [0.3, 0.4) is 0 Å². The third kappa shape index (κ3) is 5.26. The molecule has 0 atom stereocenters. The first-order valence-electron chi connectivity index (χ1n) is 8.87. The molecular weight excluding hydrogens is 410 g/mol. The minimum atomic E-state index is -5.55. The lowest BCUT2D eigenvalue weighted by Crippen LogP contribution is -2.30. The van der Waals surface area contributed by atoms with E-state index in [9.17, 15) is 26.0 Å². The van der Waals surface area contributed by atoms with Gasteiger partial charge >= 0.3 is 15.5 Å². The summed E-state index contributed by atoms with van der Waals surface area (Å²) >= 11 is 0. The molecule has 0 radical (unpaired) electrons. The first kappa shape index (κ1) is 22.7. The zero-order chi connectivity index (χ0) is 21.8. The molecule has 0 fully saturated rings. The van der Waals surface area contributed by atoms with Crippen LogP contribution in [-0.2, 0) is 10.0 Å². The lowest BCUT2D eigenvalue weighted by Gasteiger charge is -2.15. The van der Waals surface area contributed by atoms with Crippen molar-refractivity contribution in [3.05, 3.63) is 59.4 Å². The van der Waals surface area contributed by atoms with Crippen LogP contribution in [-0.4, -0.2) is 26.2 Å². The number of halogens is 4. The van der Waals surface area contributed by atoms with Gasteiger partial charge in [0.25, 0.3) is 0 Å². The van der Waals surface area contributed by atoms with Gasteiger partial charge in [0.05, 0.1) is 17.1 Å². The van der Waals surface area contributed by atoms with E-state index in [2.05, 4.69) is 5.10 Å². The van der Waals surface area contributed by atoms with Crippen molar-refractivity contribution in [3.63, 3.8) is 0 Å². The average Bonchev–Trinajstić information content (AvgIpc) is 3.14. The zero-order valence-electron chi connectivity index (χ0n) is 16.1. The van der Waals surface area contributed by atoms with Crippen molar-refractivity contribution in [1.82, 2.24) is 0 Å². The molecule has 1 aliphatic rings. The highest BCUT2D eigenvalue weighted by Crippen LogP contribution is 2.30. The normalized spacial score (nSPS) is 14.2. The molecule has 0 aliphatic carbocycles. The second-order valence-corrected chi connectivity index (χ2v) is 7.67. The van der Waals surface area contributed by atoms with E-state index in [1.807, 2.05) is 13.8 Å². The van der Waals surface area contributed by atoms with E-state index in [1.54, 1.807) is 22.7 Å². The van der Waals surface area contributed by atoms with Gasteiger partial charge in [0.15, 0.2) is 0 Å². The van der Waals surface area contributed by atoms with Crippen LogP contribution >= 0.6 is 0 Å². The lowest BCUT2D eigenvalue weighted by molar-refractivity contribution is -0.0429. The number of sulfonamides is 1. The number of nitrogens with zero attached hydrogens (tertiary/aromatic N) is 2. The van der Waals surface area contributed by atoms with Crippen molar-refractivity contribution in [1.29, 1.82) is 0 Å². The summed E-state index contributed by atoms with van der Waals surface area (Å²) in [5.41, 5.74) is -3.56. The third-order valence-corrected chi connectivity index (χ3v) is 5.06. The van der Waals surface area contributed by atoms with E-state index in [0.717, 1.165) is 5.56 Å². The van der Waals surface area contributed by atoms with Crippen LogP contribution in [0.1, 0.15) is 31.4 Å². The maximum atomic E-state index is 13.1. The molecule has 0 bridgehead atoms. The molecule has 5 nitrogen and oxygen atoms in total. The van der Waals surface area contributed by atoms with Gasteiger partial charge in [0, 0.05) is 18.5 Å². The first-order chi connectivity index (χ1) is 13.6. The average molecular weight is 431 g/mol. The van der Waals surface area contributed by atoms with E-state index < -0.39 is 21.3 Å². The molecule has 0 spiro atoms. The number of anilines is 2. The first-order valence-corrected chi connectivity index (χ1v) is 10.4. The molecule has 1 N–H and O–H groups in total. The molecule has 0 saturated heterocycles. The van der Waals surface area contributed by atoms with Gasteiger partial charge in [0.1, 0.15) is 5.82 Å². The number of alkyl halides is 3. The number of aryl methyl sites for hydroxylation is 1. The van der Waals surface area contributed by atoms with Crippen molar-refractivity contribution >= 4 is 27.1 Å². The number of hydrazone groups is 1. The summed E-state index contributed by atoms with van der Waals surface area (Å²) in [5.74, 6) is -0.398. The molecule has 1 heterocycles. The van der Waals surface area contributed by atoms with Crippen LogP contribution in [0, 0.1) is 12.7 Å². The minimum absolute atomic E-state index is 0.197. The predicted octanol–water partition coefficient (Wildman–Crippen LogP) is 5.04. The van der Waals surface area contributed by atoms with Gasteiger partial charge in [-0.1, -0.05) is 25.5 Å². The molecule has 1 aliphatic heterocycles. The molecule has 0 saturated carbocycles. The largest absolute Gasteiger partial charge is 0.516 e. The van der Waals surface area contributed by atoms with Crippen LogP contribution in [0.25, 0.3) is 0 Å². The smallest absolute Gasteiger partial charge is 0.275 e. The maximum Gasteiger partial charge on any atom is 0.516 e. The fourth-order valence-corrected chi connectivity index (χ4v) is 3.22. The van der Waals surface area contributed by atoms with Crippen molar-refractivity contribution in [2.45, 2.75) is 32.7 Å². The molecule has 0 unspecified atom stereocenters. The maximum absolute atomic E-state index is 13.1. The summed E-state index contributed by atoms with van der Waals surface area (Å²) in [4.78, 5) is 0. The topological polar surface area (TPSA) is 61.8 Å². The van der Waals surface area contributed by atoms with Crippen molar-refractivity contribution in [2.75, 3.05) is 16.3 Å². The fraction of sp³-hybridized carbons (Fsp3) is 0.316. The molecule has 158 valence electrons. The van der Waals surface area contributed by atoms with Gasteiger partial charge in [-0.25, -0.2) is 4.39 Å². The Balaban J connectivity index is 0.00000145. The van der Waals surface area contributed by atoms with Crippen molar-refractivity contribution < 1.29 is 26.0 Å². The second kappa shape index (κ2) is 8.81. The Bertz CT molecular complexity index is 988. The number of benzene rings is 2. The SMILES string of the molecule is CC.Cc1ccc(NS(=O)(=O)C(F)(F)F)c(C2=NN(c3ccc(F)cc3)CC2)c1. The van der Waals surface area contributed by atoms with Crippen molar-refractivity contribution in [3.8, 4) is 0 Å². The Hall–Kier alpha value is -2.62. The van der Waals surface area contributed by atoms with E-state index in [0.29, 0.717) is 24.4 Å². The summed E-state index contributed by atoms with van der Waals surface area (Å²) in [5, 5.41) is 5.95. The quantitative estimate of drug-likeness (QED) is 0.691. The number of nitrogens with one attached hydrogen (secondary N) is 1. The minimum Gasteiger partial charge on any atom is -0.275 e. The van der Waals surface area contributed by atoms with Crippen molar-refractivity contribution in [2.24, 2.45) is 5.10 Å². The molecular formula is C19H21F4N3O2S. The van der Waals surface area contributed by atoms with Gasteiger partial charge in [-0.2, -0.15) is 26.7 Å². The van der Waals surface area contributed by atoms with Gasteiger partial charge < -0.3 is 0 Å². The standard InChI is InChI=1S/C17H15F4N3O2S.C2H6/c1-11-2-7-16(23-27(25,26)17(19,20)21)14(10-11)15-8-9-24(22-15)13-5-3-12(18)4-6-13;1-2/h2-7,10,23H,8-9H2,1H3;1-2H3. The fourth-order valence-electron chi connectivity index (χ4n) is 2.63. The summed E-state index contributed by atoms with van der Waals surface area (Å²) in [6, 6.07) is 9.97. The third-order valence-electron chi connectivity index (χ3n) is 3.96. The number of rotatable bonds is 4. The van der Waals surface area contributed by atoms with E-state index >= 15 is 0 Å². The molecule has 0 aromatic heterocycles. The van der Waals surface area contributed by atoms with Crippen LogP contribution in [0.2, 0.25) is 0 Å². The molecule has 2 aromatic rings. The van der Waals surface area contributed by atoms with E-state index in [4.69, 9.17) is 0 Å². The Kier molecular flexibility index (Phi) is 6.89. The molecule has 29 heavy (non-hydrogen) atoms. The van der Waals surface area contributed by atoms with E-state index in [-0.39, 0.29) is 11.3 Å². The van der Waals surface area contributed by atoms with Gasteiger partial charge in [-0.3, -0.25) is 9.73 Å². The number of hydrogen-bond donors (Lipinski definition) is 1. The second-order valence-electron chi connectivity index (χ2n) is 6.00. The molecule has 10 heteroatoms. The predicted molar refractivity (Wildman–Crippen MR) is 106 cm³/mol. The molecule has 3 rings (SSSR count). The molecule has 0 amide bonds. The lowest BCUT2D eigenvalue weighted by atomic mass is 10.0. The summed E-state index contributed by atoms with van der Waals surface area (Å²) in [6.07, 6.45) is 0.390. The highest BCUT2D eigenvalue weighted by molar-refractivity contribution is 7.93. The summed E-state index contributed by atoms with van der Waals surface area (Å²) < 4.78 is 75.7. The van der Waals surface area contributed by atoms with Gasteiger partial charge in [-0.15, -0.1) is 0 Å². The van der Waals surface area contributed by atoms with Crippen LogP contribution in [0.15, 0.2) is 47.6 Å². The highest BCUT2D eigenvalue weighted by Gasteiger charge is 2.46. The Labute approximate surface area is 167 Å². The monoisotopic (exact) mass is 431 g/mol. The van der Waals surface area contributed by atoms with Crippen LogP contribution < -0.4 is 9.73 Å². The van der Waals surface area contributed by atoms with E-state index in [1.165, 1.54) is 36.4 Å².